The highest BCUT2D eigenvalue weighted by atomic mass is 19.4. The van der Waals surface area contributed by atoms with Gasteiger partial charge in [0.2, 0.25) is 5.88 Å². The number of hydrogen-bond acceptors (Lipinski definition) is 11. The number of fused-ring (bicyclic) bond motifs is 3. The maximum absolute atomic E-state index is 14.1. The molecule has 3 heterocycles. The number of ether oxygens (including phenoxy) is 7. The highest BCUT2D eigenvalue weighted by Gasteiger charge is 2.36. The third-order valence-corrected chi connectivity index (χ3v) is 6.86. The van der Waals surface area contributed by atoms with E-state index >= 15 is 0 Å². The Hall–Kier alpha value is -4.31. The number of benzene rings is 1. The van der Waals surface area contributed by atoms with Gasteiger partial charge < -0.3 is 33.2 Å². The Morgan fingerprint density at radius 2 is 1.29 bits per heavy atom. The van der Waals surface area contributed by atoms with Gasteiger partial charge in [0.05, 0.1) is 57.3 Å². The van der Waals surface area contributed by atoms with E-state index in [0.29, 0.717) is 40.6 Å². The van der Waals surface area contributed by atoms with Gasteiger partial charge >= 0.3 is 18.2 Å². The van der Waals surface area contributed by atoms with Crippen molar-refractivity contribution in [2.75, 3.05) is 59.5 Å². The fourth-order valence-electron chi connectivity index (χ4n) is 4.86. The minimum Gasteiger partial charge on any atom is -0.475 e. The summed E-state index contributed by atoms with van der Waals surface area (Å²) in [6.45, 7) is 11.8. The first-order valence-electron chi connectivity index (χ1n) is 16.4. The fraction of sp³-hybridized carbons (Fsp3) is 0.500. The second kappa shape index (κ2) is 17.3. The Morgan fingerprint density at radius 1 is 0.686 bits per heavy atom. The molecule has 0 bridgehead atoms. The van der Waals surface area contributed by atoms with Gasteiger partial charge in [0.15, 0.2) is 0 Å². The molecule has 0 unspecified atom stereocenters. The van der Waals surface area contributed by atoms with Crippen molar-refractivity contribution in [3.8, 4) is 17.0 Å². The molecule has 0 N–H and O–H groups in total. The molecule has 0 aliphatic heterocycles. The van der Waals surface area contributed by atoms with E-state index in [2.05, 4.69) is 9.97 Å². The molecule has 51 heavy (non-hydrogen) atoms. The van der Waals surface area contributed by atoms with E-state index in [1.807, 2.05) is 0 Å². The zero-order valence-electron chi connectivity index (χ0n) is 29.6. The van der Waals surface area contributed by atoms with Crippen LogP contribution in [-0.2, 0) is 39.4 Å². The van der Waals surface area contributed by atoms with Crippen molar-refractivity contribution < 1.29 is 55.9 Å². The summed E-state index contributed by atoms with van der Waals surface area (Å²) in [5, 5.41) is 1.38. The SMILES string of the molecule is CC(C)(C)OC(=O)COCCOCCOCCOCCOc1ncc(-c2ccc3c4cnccc4n(C(=O)OC(C)(C)C)c3c2)cc1C(F)(F)F. The lowest BCUT2D eigenvalue weighted by Crippen LogP contribution is -2.27. The van der Waals surface area contributed by atoms with Gasteiger partial charge in [-0.1, -0.05) is 12.1 Å². The van der Waals surface area contributed by atoms with Crippen LogP contribution in [-0.4, -0.2) is 97.3 Å². The second-order valence-corrected chi connectivity index (χ2v) is 13.3. The van der Waals surface area contributed by atoms with Crippen molar-refractivity contribution in [2.24, 2.45) is 0 Å². The van der Waals surface area contributed by atoms with E-state index < -0.39 is 40.9 Å². The van der Waals surface area contributed by atoms with E-state index in [9.17, 15) is 22.8 Å². The fourth-order valence-corrected chi connectivity index (χ4v) is 4.86. The van der Waals surface area contributed by atoms with Gasteiger partial charge in [0.1, 0.15) is 30.0 Å². The molecule has 3 aromatic heterocycles. The normalized spacial score (nSPS) is 12.4. The number of pyridine rings is 2. The molecule has 0 radical (unpaired) electrons. The maximum atomic E-state index is 14.1. The van der Waals surface area contributed by atoms with Crippen molar-refractivity contribution in [3.05, 3.63) is 54.5 Å². The molecule has 0 aliphatic carbocycles. The molecule has 0 aliphatic rings. The van der Waals surface area contributed by atoms with E-state index in [1.54, 1.807) is 78.2 Å². The molecule has 0 amide bonds. The van der Waals surface area contributed by atoms with Crippen molar-refractivity contribution in [1.82, 2.24) is 14.5 Å². The molecule has 0 atom stereocenters. The van der Waals surface area contributed by atoms with Crippen molar-refractivity contribution in [1.29, 1.82) is 0 Å². The van der Waals surface area contributed by atoms with Crippen LogP contribution in [0.3, 0.4) is 0 Å². The van der Waals surface area contributed by atoms with Crippen LogP contribution in [0.1, 0.15) is 47.1 Å². The minimum absolute atomic E-state index is 0.0102. The third kappa shape index (κ3) is 11.9. The summed E-state index contributed by atoms with van der Waals surface area (Å²) in [4.78, 5) is 33.0. The van der Waals surface area contributed by atoms with Crippen molar-refractivity contribution in [2.45, 2.75) is 58.9 Å². The lowest BCUT2D eigenvalue weighted by atomic mass is 10.0. The number of rotatable bonds is 16. The second-order valence-electron chi connectivity index (χ2n) is 13.3. The molecule has 4 aromatic rings. The molecule has 4 rings (SSSR count). The quantitative estimate of drug-likeness (QED) is 0.0892. The maximum Gasteiger partial charge on any atom is 0.421 e. The topological polar surface area (TPSA) is 129 Å². The smallest absolute Gasteiger partial charge is 0.421 e. The van der Waals surface area contributed by atoms with Crippen LogP contribution in [0, 0.1) is 0 Å². The summed E-state index contributed by atoms with van der Waals surface area (Å²) in [5.74, 6) is -1.02. The number of hydrogen-bond donors (Lipinski definition) is 0. The van der Waals surface area contributed by atoms with Gasteiger partial charge in [0, 0.05) is 34.9 Å². The molecule has 1 aromatic carbocycles. The number of esters is 1. The monoisotopic (exact) mass is 719 g/mol. The van der Waals surface area contributed by atoms with Crippen LogP contribution in [0.5, 0.6) is 5.88 Å². The highest BCUT2D eigenvalue weighted by molar-refractivity contribution is 6.13. The van der Waals surface area contributed by atoms with Crippen LogP contribution in [0.2, 0.25) is 0 Å². The van der Waals surface area contributed by atoms with Gasteiger partial charge in [-0.2, -0.15) is 13.2 Å². The lowest BCUT2D eigenvalue weighted by molar-refractivity contribution is -0.160. The number of nitrogens with zero attached hydrogens (tertiary/aromatic N) is 3. The van der Waals surface area contributed by atoms with E-state index in [1.165, 1.54) is 10.8 Å². The Bertz CT molecular complexity index is 1780. The average molecular weight is 720 g/mol. The molecular weight excluding hydrogens is 675 g/mol. The summed E-state index contributed by atoms with van der Waals surface area (Å²) in [5.41, 5.74) is -0.784. The molecule has 12 nitrogen and oxygen atoms in total. The van der Waals surface area contributed by atoms with Crippen LogP contribution in [0.25, 0.3) is 32.9 Å². The van der Waals surface area contributed by atoms with Crippen LogP contribution < -0.4 is 4.74 Å². The highest BCUT2D eigenvalue weighted by Crippen LogP contribution is 2.39. The molecule has 0 saturated heterocycles. The number of halogens is 3. The van der Waals surface area contributed by atoms with Gasteiger partial charge in [-0.05, 0) is 65.3 Å². The zero-order chi connectivity index (χ0) is 37.2. The molecule has 278 valence electrons. The number of carbonyl (C=O) groups excluding carboxylic acids is 2. The first-order valence-corrected chi connectivity index (χ1v) is 16.4. The Labute approximate surface area is 294 Å². The predicted molar refractivity (Wildman–Crippen MR) is 182 cm³/mol. The summed E-state index contributed by atoms with van der Waals surface area (Å²) in [6.07, 6.45) is -0.909. The standard InChI is InChI=1S/C36H44F3N3O9/c1-34(2,3)50-31(43)23-48-16-15-46-12-11-45-13-14-47-17-18-49-32-28(36(37,38)39)19-25(21-41-32)24-7-8-26-27-22-40-10-9-29(27)42(30(26)20-24)33(44)51-35(4,5)6/h7-10,19-22H,11-18,23H2,1-6H3. The van der Waals surface area contributed by atoms with Gasteiger partial charge in [-0.3, -0.25) is 4.98 Å². The van der Waals surface area contributed by atoms with E-state index in [4.69, 9.17) is 33.2 Å². The van der Waals surface area contributed by atoms with Gasteiger partial charge in [-0.15, -0.1) is 0 Å². The van der Waals surface area contributed by atoms with Gasteiger partial charge in [-0.25, -0.2) is 19.1 Å². The largest absolute Gasteiger partial charge is 0.475 e. The first-order chi connectivity index (χ1) is 24.0. The summed E-state index contributed by atoms with van der Waals surface area (Å²) in [7, 11) is 0. The van der Waals surface area contributed by atoms with Crippen LogP contribution >= 0.6 is 0 Å². The molecular formula is C36H44F3N3O9. The van der Waals surface area contributed by atoms with E-state index in [-0.39, 0.29) is 51.8 Å². The first kappa shape index (κ1) is 39.5. The number of alkyl halides is 3. The lowest BCUT2D eigenvalue weighted by Gasteiger charge is -2.20. The minimum atomic E-state index is -4.75. The average Bonchev–Trinajstić information content (AvgIpc) is 3.36. The molecule has 0 fully saturated rings. The Balaban J connectivity index is 1.27. The van der Waals surface area contributed by atoms with Crippen LogP contribution in [0.4, 0.5) is 18.0 Å². The Morgan fingerprint density at radius 3 is 1.90 bits per heavy atom. The predicted octanol–water partition coefficient (Wildman–Crippen LogP) is 6.84. The molecule has 15 heteroatoms. The third-order valence-electron chi connectivity index (χ3n) is 6.86. The summed E-state index contributed by atoms with van der Waals surface area (Å²) < 4.78 is 81.3. The van der Waals surface area contributed by atoms with Crippen molar-refractivity contribution in [3.63, 3.8) is 0 Å². The number of carbonyl (C=O) groups is 2. The van der Waals surface area contributed by atoms with Gasteiger partial charge in [0.25, 0.3) is 0 Å². The van der Waals surface area contributed by atoms with Crippen LogP contribution in [0.15, 0.2) is 48.9 Å². The molecule has 0 spiro atoms. The number of aromatic nitrogens is 3. The summed E-state index contributed by atoms with van der Waals surface area (Å²) in [6, 6.07) is 7.67. The Kier molecular flexibility index (Phi) is 13.4. The van der Waals surface area contributed by atoms with E-state index in [0.717, 1.165) is 6.07 Å². The summed E-state index contributed by atoms with van der Waals surface area (Å²) >= 11 is 0. The van der Waals surface area contributed by atoms with Crippen molar-refractivity contribution >= 4 is 33.9 Å². The molecule has 0 saturated carbocycles. The zero-order valence-corrected chi connectivity index (χ0v) is 29.6.